The van der Waals surface area contributed by atoms with Gasteiger partial charge in [-0.25, -0.2) is 9.59 Å². The minimum atomic E-state index is -1.13. The van der Waals surface area contributed by atoms with Crippen molar-refractivity contribution in [2.24, 2.45) is 11.0 Å². The van der Waals surface area contributed by atoms with Crippen molar-refractivity contribution in [1.82, 2.24) is 5.32 Å². The zero-order valence-corrected chi connectivity index (χ0v) is 9.08. The lowest BCUT2D eigenvalue weighted by molar-refractivity contribution is -0.139. The molecule has 0 bridgehead atoms. The first-order valence-corrected chi connectivity index (χ1v) is 4.64. The summed E-state index contributed by atoms with van der Waals surface area (Å²) in [5.74, 6) is -1.01. The molecule has 0 spiro atoms. The molecule has 90 valence electrons. The Balaban J connectivity index is 4.12. The summed E-state index contributed by atoms with van der Waals surface area (Å²) in [7, 11) is 0. The molecule has 16 heavy (non-hydrogen) atoms. The van der Waals surface area contributed by atoms with E-state index in [-0.39, 0.29) is 5.92 Å². The molecule has 1 atom stereocenters. The Morgan fingerprint density at radius 3 is 2.62 bits per heavy atom. The van der Waals surface area contributed by atoms with Crippen LogP contribution in [0.25, 0.3) is 10.4 Å². The molecule has 0 aromatic rings. The SMILES string of the molecule is CC(C)C[C@H](NC(=O)OCN=[N+]=[N-])C(=O)O. The summed E-state index contributed by atoms with van der Waals surface area (Å²) in [6.07, 6.45) is -0.619. The first-order chi connectivity index (χ1) is 7.47. The summed E-state index contributed by atoms with van der Waals surface area (Å²) in [5, 5.41) is 13.9. The summed E-state index contributed by atoms with van der Waals surface area (Å²) in [5.41, 5.74) is 7.92. The number of carboxylic acid groups (broad SMARTS) is 1. The van der Waals surface area contributed by atoms with Gasteiger partial charge in [0.1, 0.15) is 6.04 Å². The van der Waals surface area contributed by atoms with Crippen molar-refractivity contribution in [2.45, 2.75) is 26.3 Å². The van der Waals surface area contributed by atoms with E-state index in [2.05, 4.69) is 20.1 Å². The van der Waals surface area contributed by atoms with Gasteiger partial charge in [0.2, 0.25) is 0 Å². The average Bonchev–Trinajstić information content (AvgIpc) is 2.16. The molecular formula is C8H14N4O4. The number of hydrogen-bond acceptors (Lipinski definition) is 4. The van der Waals surface area contributed by atoms with Crippen LogP contribution in [0.3, 0.4) is 0 Å². The van der Waals surface area contributed by atoms with Crippen LogP contribution >= 0.6 is 0 Å². The fourth-order valence-corrected chi connectivity index (χ4v) is 0.990. The van der Waals surface area contributed by atoms with Crippen LogP contribution in [0.2, 0.25) is 0 Å². The number of aliphatic carboxylic acids is 1. The zero-order chi connectivity index (χ0) is 12.6. The normalized spacial score (nSPS) is 11.4. The Bertz CT molecular complexity index is 298. The van der Waals surface area contributed by atoms with E-state index < -0.39 is 24.8 Å². The molecule has 0 saturated carbocycles. The summed E-state index contributed by atoms with van der Waals surface area (Å²) in [6, 6.07) is -1.00. The van der Waals surface area contributed by atoms with E-state index in [9.17, 15) is 9.59 Å². The number of nitrogens with zero attached hydrogens (tertiary/aromatic N) is 3. The van der Waals surface area contributed by atoms with E-state index in [1.807, 2.05) is 13.8 Å². The summed E-state index contributed by atoms with van der Waals surface area (Å²) < 4.78 is 4.41. The van der Waals surface area contributed by atoms with Gasteiger partial charge in [-0.2, -0.15) is 0 Å². The molecule has 8 nitrogen and oxygen atoms in total. The van der Waals surface area contributed by atoms with Crippen molar-refractivity contribution >= 4 is 12.1 Å². The maximum Gasteiger partial charge on any atom is 0.407 e. The van der Waals surface area contributed by atoms with Crippen LogP contribution in [0.15, 0.2) is 5.11 Å². The number of hydrogen-bond donors (Lipinski definition) is 2. The van der Waals surface area contributed by atoms with Gasteiger partial charge >= 0.3 is 12.1 Å². The van der Waals surface area contributed by atoms with Gasteiger partial charge in [0.25, 0.3) is 0 Å². The average molecular weight is 230 g/mol. The second-order valence-electron chi connectivity index (χ2n) is 3.46. The Morgan fingerprint density at radius 2 is 2.19 bits per heavy atom. The number of rotatable bonds is 6. The van der Waals surface area contributed by atoms with Crippen LogP contribution in [0.1, 0.15) is 20.3 Å². The van der Waals surface area contributed by atoms with Gasteiger partial charge in [-0.05, 0) is 17.9 Å². The van der Waals surface area contributed by atoms with Crippen LogP contribution in [0.5, 0.6) is 0 Å². The van der Waals surface area contributed by atoms with Crippen LogP contribution < -0.4 is 5.32 Å². The number of ether oxygens (including phenoxy) is 1. The summed E-state index contributed by atoms with van der Waals surface area (Å²) >= 11 is 0. The number of amides is 1. The number of carboxylic acids is 1. The van der Waals surface area contributed by atoms with Crippen LogP contribution in [-0.4, -0.2) is 29.9 Å². The third kappa shape index (κ3) is 6.50. The van der Waals surface area contributed by atoms with Crippen molar-refractivity contribution in [1.29, 1.82) is 0 Å². The fourth-order valence-electron chi connectivity index (χ4n) is 0.990. The molecule has 0 unspecified atom stereocenters. The topological polar surface area (TPSA) is 124 Å². The molecule has 0 saturated heterocycles. The van der Waals surface area contributed by atoms with Gasteiger partial charge in [0, 0.05) is 4.91 Å². The Labute approximate surface area is 92.2 Å². The van der Waals surface area contributed by atoms with Crippen molar-refractivity contribution in [3.05, 3.63) is 10.4 Å². The van der Waals surface area contributed by atoms with E-state index in [4.69, 9.17) is 10.6 Å². The van der Waals surface area contributed by atoms with Gasteiger partial charge in [-0.1, -0.05) is 19.0 Å². The highest BCUT2D eigenvalue weighted by Crippen LogP contribution is 2.05. The number of carbonyl (C=O) groups excluding carboxylic acids is 1. The van der Waals surface area contributed by atoms with Crippen molar-refractivity contribution < 1.29 is 19.4 Å². The molecule has 0 heterocycles. The molecule has 0 aromatic carbocycles. The molecule has 0 aliphatic heterocycles. The predicted octanol–water partition coefficient (Wildman–Crippen LogP) is 1.48. The molecule has 1 amide bonds. The standard InChI is InChI=1S/C8H14N4O4/c1-5(2)3-6(7(13)14)11-8(15)16-4-10-12-9/h5-6H,3-4H2,1-2H3,(H,11,15)(H,13,14)/t6-/m0/s1. The van der Waals surface area contributed by atoms with E-state index in [0.717, 1.165) is 0 Å². The highest BCUT2D eigenvalue weighted by molar-refractivity contribution is 5.79. The maximum atomic E-state index is 11.0. The smallest absolute Gasteiger partial charge is 0.407 e. The lowest BCUT2D eigenvalue weighted by Gasteiger charge is -2.15. The highest BCUT2D eigenvalue weighted by atomic mass is 16.6. The number of azide groups is 1. The fraction of sp³-hybridized carbons (Fsp3) is 0.750. The lowest BCUT2D eigenvalue weighted by Crippen LogP contribution is -2.41. The monoisotopic (exact) mass is 230 g/mol. The molecule has 0 fully saturated rings. The summed E-state index contributed by atoms with van der Waals surface area (Å²) in [4.78, 5) is 24.2. The quantitative estimate of drug-likeness (QED) is 0.407. The number of nitrogens with one attached hydrogen (secondary N) is 1. The minimum absolute atomic E-state index is 0.124. The Morgan fingerprint density at radius 1 is 1.56 bits per heavy atom. The first-order valence-electron chi connectivity index (χ1n) is 4.64. The predicted molar refractivity (Wildman–Crippen MR) is 54.5 cm³/mol. The largest absolute Gasteiger partial charge is 0.480 e. The van der Waals surface area contributed by atoms with Crippen LogP contribution in [0, 0.1) is 5.92 Å². The molecule has 2 N–H and O–H groups in total. The maximum absolute atomic E-state index is 11.0. The molecule has 8 heteroatoms. The van der Waals surface area contributed by atoms with Crippen molar-refractivity contribution in [2.75, 3.05) is 6.73 Å². The first kappa shape index (κ1) is 14.1. The zero-order valence-electron chi connectivity index (χ0n) is 9.08. The summed E-state index contributed by atoms with van der Waals surface area (Å²) in [6.45, 7) is 3.21. The second-order valence-corrected chi connectivity index (χ2v) is 3.46. The second kappa shape index (κ2) is 7.36. The molecule has 0 radical (unpaired) electrons. The van der Waals surface area contributed by atoms with Crippen molar-refractivity contribution in [3.63, 3.8) is 0 Å². The Kier molecular flexibility index (Phi) is 6.46. The Hall–Kier alpha value is -1.95. The molecule has 0 rings (SSSR count). The number of alkyl carbamates (subject to hydrolysis) is 1. The van der Waals surface area contributed by atoms with Gasteiger partial charge in [0.05, 0.1) is 0 Å². The van der Waals surface area contributed by atoms with E-state index in [0.29, 0.717) is 6.42 Å². The third-order valence-electron chi connectivity index (χ3n) is 1.61. The molecule has 0 aliphatic rings. The van der Waals surface area contributed by atoms with E-state index >= 15 is 0 Å². The van der Waals surface area contributed by atoms with Crippen molar-refractivity contribution in [3.8, 4) is 0 Å². The third-order valence-corrected chi connectivity index (χ3v) is 1.61. The van der Waals surface area contributed by atoms with Gasteiger partial charge in [-0.3, -0.25) is 0 Å². The molecule has 0 aromatic heterocycles. The lowest BCUT2D eigenvalue weighted by atomic mass is 10.0. The van der Waals surface area contributed by atoms with Crippen LogP contribution in [0.4, 0.5) is 4.79 Å². The minimum Gasteiger partial charge on any atom is -0.480 e. The number of carbonyl (C=O) groups is 2. The van der Waals surface area contributed by atoms with E-state index in [1.54, 1.807) is 0 Å². The van der Waals surface area contributed by atoms with E-state index in [1.165, 1.54) is 0 Å². The van der Waals surface area contributed by atoms with Gasteiger partial charge < -0.3 is 15.2 Å². The van der Waals surface area contributed by atoms with Crippen LogP contribution in [-0.2, 0) is 9.53 Å². The molecular weight excluding hydrogens is 216 g/mol. The highest BCUT2D eigenvalue weighted by Gasteiger charge is 2.21. The molecule has 0 aliphatic carbocycles. The van der Waals surface area contributed by atoms with Gasteiger partial charge in [-0.15, -0.1) is 0 Å². The van der Waals surface area contributed by atoms with Gasteiger partial charge in [0.15, 0.2) is 6.73 Å².